The van der Waals surface area contributed by atoms with Gasteiger partial charge in [0.2, 0.25) is 0 Å². The van der Waals surface area contributed by atoms with E-state index < -0.39 is 0 Å². The number of anilines is 1. The Hall–Kier alpha value is -0.700. The van der Waals surface area contributed by atoms with Gasteiger partial charge in [-0.05, 0) is 30.9 Å². The molecule has 1 unspecified atom stereocenters. The van der Waals surface area contributed by atoms with Crippen molar-refractivity contribution >= 4 is 17.4 Å². The molecule has 90 valence electrons. The molecule has 0 aliphatic heterocycles. The average molecular weight is 238 g/mol. The van der Waals surface area contributed by atoms with Crippen molar-refractivity contribution in [3.05, 3.63) is 23.0 Å². The number of hydrogen-bond donors (Lipinski definition) is 1. The molecule has 0 amide bonds. The molecule has 1 atom stereocenters. The minimum Gasteiger partial charge on any atom is -0.398 e. The van der Waals surface area contributed by atoms with E-state index in [0.717, 1.165) is 28.3 Å². The second-order valence-electron chi connectivity index (χ2n) is 4.69. The maximum Gasteiger partial charge on any atom is 0.0552 e. The smallest absolute Gasteiger partial charge is 0.0552 e. The van der Waals surface area contributed by atoms with Crippen molar-refractivity contribution in [2.75, 3.05) is 5.73 Å². The predicted octanol–water partition coefficient (Wildman–Crippen LogP) is 3.56. The molecule has 1 aromatic heterocycles. The number of aromatic nitrogens is 1. The lowest BCUT2D eigenvalue weighted by atomic mass is 10.1. The van der Waals surface area contributed by atoms with Crippen LogP contribution in [0.3, 0.4) is 0 Å². The molecule has 0 saturated carbocycles. The standard InChI is InChI=1S/C13H22N2S/c1-8(2)11(5)16-7-12-10(4)13(14)9(3)6-15-12/h6,8,11H,7H2,1-5H3,(H2,14,15). The summed E-state index contributed by atoms with van der Waals surface area (Å²) in [6, 6.07) is 0. The van der Waals surface area contributed by atoms with Gasteiger partial charge in [0, 0.05) is 22.9 Å². The summed E-state index contributed by atoms with van der Waals surface area (Å²) in [5, 5.41) is 0.656. The van der Waals surface area contributed by atoms with E-state index in [1.807, 2.05) is 24.9 Å². The molecule has 0 spiro atoms. The summed E-state index contributed by atoms with van der Waals surface area (Å²) in [7, 11) is 0. The Morgan fingerprint density at radius 2 is 1.94 bits per heavy atom. The zero-order valence-electron chi connectivity index (χ0n) is 10.9. The Kier molecular flexibility index (Phi) is 4.66. The summed E-state index contributed by atoms with van der Waals surface area (Å²) in [4.78, 5) is 4.47. The van der Waals surface area contributed by atoms with Crippen LogP contribution in [-0.2, 0) is 5.75 Å². The summed E-state index contributed by atoms with van der Waals surface area (Å²) in [6.07, 6.45) is 1.87. The predicted molar refractivity (Wildman–Crippen MR) is 73.7 cm³/mol. The molecule has 0 bridgehead atoms. The van der Waals surface area contributed by atoms with Crippen molar-refractivity contribution in [3.8, 4) is 0 Å². The normalized spacial score (nSPS) is 13.1. The zero-order valence-corrected chi connectivity index (χ0v) is 11.7. The van der Waals surface area contributed by atoms with Gasteiger partial charge in [0.1, 0.15) is 0 Å². The highest BCUT2D eigenvalue weighted by atomic mass is 32.2. The van der Waals surface area contributed by atoms with Gasteiger partial charge in [-0.2, -0.15) is 11.8 Å². The molecule has 1 heterocycles. The van der Waals surface area contributed by atoms with Crippen LogP contribution in [0, 0.1) is 19.8 Å². The number of pyridine rings is 1. The Bertz CT molecular complexity index is 361. The molecular formula is C13H22N2S. The first kappa shape index (κ1) is 13.4. The van der Waals surface area contributed by atoms with Gasteiger partial charge in [0.15, 0.2) is 0 Å². The molecule has 0 fully saturated rings. The minimum absolute atomic E-state index is 0.656. The molecular weight excluding hydrogens is 216 g/mol. The van der Waals surface area contributed by atoms with Crippen LogP contribution in [0.2, 0.25) is 0 Å². The lowest BCUT2D eigenvalue weighted by Gasteiger charge is -2.16. The molecule has 16 heavy (non-hydrogen) atoms. The van der Waals surface area contributed by atoms with Gasteiger partial charge in [-0.3, -0.25) is 4.98 Å². The molecule has 3 heteroatoms. The third-order valence-corrected chi connectivity index (χ3v) is 4.61. The van der Waals surface area contributed by atoms with Gasteiger partial charge < -0.3 is 5.73 Å². The van der Waals surface area contributed by atoms with Crippen LogP contribution < -0.4 is 5.73 Å². The maximum absolute atomic E-state index is 6.00. The van der Waals surface area contributed by atoms with Crippen molar-refractivity contribution in [1.29, 1.82) is 0 Å². The van der Waals surface area contributed by atoms with E-state index in [0.29, 0.717) is 11.2 Å². The fraction of sp³-hybridized carbons (Fsp3) is 0.615. The third kappa shape index (κ3) is 3.14. The Balaban J connectivity index is 2.72. The van der Waals surface area contributed by atoms with Gasteiger partial charge in [-0.25, -0.2) is 0 Å². The van der Waals surface area contributed by atoms with Crippen LogP contribution in [0.4, 0.5) is 5.69 Å². The molecule has 2 nitrogen and oxygen atoms in total. The fourth-order valence-electron chi connectivity index (χ4n) is 1.34. The van der Waals surface area contributed by atoms with Crippen LogP contribution in [0.25, 0.3) is 0 Å². The summed E-state index contributed by atoms with van der Waals surface area (Å²) in [6.45, 7) is 10.8. The molecule has 0 saturated heterocycles. The summed E-state index contributed by atoms with van der Waals surface area (Å²) in [5.74, 6) is 1.66. The quantitative estimate of drug-likeness (QED) is 0.871. The van der Waals surface area contributed by atoms with E-state index in [1.54, 1.807) is 0 Å². The summed E-state index contributed by atoms with van der Waals surface area (Å²) < 4.78 is 0. The van der Waals surface area contributed by atoms with E-state index in [4.69, 9.17) is 5.73 Å². The third-order valence-electron chi connectivity index (χ3n) is 3.10. The van der Waals surface area contributed by atoms with E-state index in [9.17, 15) is 0 Å². The summed E-state index contributed by atoms with van der Waals surface area (Å²) >= 11 is 1.95. The van der Waals surface area contributed by atoms with Gasteiger partial charge in [0.25, 0.3) is 0 Å². The Morgan fingerprint density at radius 1 is 1.31 bits per heavy atom. The van der Waals surface area contributed by atoms with E-state index in [1.165, 1.54) is 0 Å². The number of aryl methyl sites for hydroxylation is 1. The number of nitrogen functional groups attached to an aromatic ring is 1. The molecule has 0 radical (unpaired) electrons. The fourth-order valence-corrected chi connectivity index (χ4v) is 2.44. The Morgan fingerprint density at radius 3 is 2.50 bits per heavy atom. The summed E-state index contributed by atoms with van der Waals surface area (Å²) in [5.41, 5.74) is 10.2. The van der Waals surface area contributed by atoms with E-state index >= 15 is 0 Å². The van der Waals surface area contributed by atoms with Crippen LogP contribution in [0.15, 0.2) is 6.20 Å². The first-order valence-electron chi connectivity index (χ1n) is 5.75. The zero-order chi connectivity index (χ0) is 12.3. The number of nitrogens with two attached hydrogens (primary N) is 1. The van der Waals surface area contributed by atoms with Crippen LogP contribution >= 0.6 is 11.8 Å². The minimum atomic E-state index is 0.656. The molecule has 2 N–H and O–H groups in total. The van der Waals surface area contributed by atoms with Gasteiger partial charge >= 0.3 is 0 Å². The van der Waals surface area contributed by atoms with Crippen LogP contribution in [0.1, 0.15) is 37.6 Å². The lowest BCUT2D eigenvalue weighted by molar-refractivity contribution is 0.642. The van der Waals surface area contributed by atoms with Crippen molar-refractivity contribution in [1.82, 2.24) is 4.98 Å². The number of rotatable bonds is 4. The SMILES string of the molecule is Cc1cnc(CSC(C)C(C)C)c(C)c1N. The van der Waals surface area contributed by atoms with E-state index in [-0.39, 0.29) is 0 Å². The molecule has 1 aromatic rings. The highest BCUT2D eigenvalue weighted by molar-refractivity contribution is 7.99. The van der Waals surface area contributed by atoms with E-state index in [2.05, 4.69) is 32.7 Å². The molecule has 0 aliphatic carbocycles. The van der Waals surface area contributed by atoms with Gasteiger partial charge in [-0.15, -0.1) is 0 Å². The van der Waals surface area contributed by atoms with Crippen LogP contribution in [-0.4, -0.2) is 10.2 Å². The van der Waals surface area contributed by atoms with Gasteiger partial charge in [-0.1, -0.05) is 20.8 Å². The first-order chi connectivity index (χ1) is 7.43. The number of thioether (sulfide) groups is 1. The van der Waals surface area contributed by atoms with Gasteiger partial charge in [0.05, 0.1) is 5.69 Å². The van der Waals surface area contributed by atoms with Crippen molar-refractivity contribution in [2.45, 2.75) is 45.6 Å². The first-order valence-corrected chi connectivity index (χ1v) is 6.80. The van der Waals surface area contributed by atoms with Crippen LogP contribution in [0.5, 0.6) is 0 Å². The van der Waals surface area contributed by atoms with Crippen molar-refractivity contribution in [3.63, 3.8) is 0 Å². The maximum atomic E-state index is 6.00. The average Bonchev–Trinajstić information content (AvgIpc) is 2.24. The number of nitrogens with zero attached hydrogens (tertiary/aromatic N) is 1. The largest absolute Gasteiger partial charge is 0.398 e. The Labute approximate surface area is 103 Å². The topological polar surface area (TPSA) is 38.9 Å². The molecule has 0 aromatic carbocycles. The molecule has 0 aliphatic rings. The lowest BCUT2D eigenvalue weighted by Crippen LogP contribution is -2.07. The highest BCUT2D eigenvalue weighted by Crippen LogP contribution is 2.26. The van der Waals surface area contributed by atoms with Crippen molar-refractivity contribution < 1.29 is 0 Å². The second-order valence-corrected chi connectivity index (χ2v) is 6.05. The number of hydrogen-bond acceptors (Lipinski definition) is 3. The highest BCUT2D eigenvalue weighted by Gasteiger charge is 2.11. The van der Waals surface area contributed by atoms with Crippen molar-refractivity contribution in [2.24, 2.45) is 5.92 Å². The molecule has 1 rings (SSSR count). The monoisotopic (exact) mass is 238 g/mol. The second kappa shape index (κ2) is 5.58.